The number of aryl methyl sites for hydroxylation is 2. The van der Waals surface area contributed by atoms with E-state index in [0.717, 1.165) is 27.6 Å². The summed E-state index contributed by atoms with van der Waals surface area (Å²) in [7, 11) is 1.58. The van der Waals surface area contributed by atoms with E-state index >= 15 is 0 Å². The fraction of sp³-hybridized carbons (Fsp3) is 0.320. The molecule has 0 aliphatic heterocycles. The number of carbonyl (C=O) groups excluding carboxylic acids is 2. The Morgan fingerprint density at radius 3 is 2.58 bits per heavy atom. The van der Waals surface area contributed by atoms with Crippen LogP contribution >= 0.6 is 11.6 Å². The zero-order valence-electron chi connectivity index (χ0n) is 18.9. The van der Waals surface area contributed by atoms with Crippen LogP contribution < -0.4 is 10.6 Å². The van der Waals surface area contributed by atoms with Crippen molar-refractivity contribution in [3.63, 3.8) is 0 Å². The summed E-state index contributed by atoms with van der Waals surface area (Å²) in [6, 6.07) is 10.5. The fourth-order valence-corrected chi connectivity index (χ4v) is 4.03. The van der Waals surface area contributed by atoms with Crippen molar-refractivity contribution < 1.29 is 19.5 Å². The van der Waals surface area contributed by atoms with E-state index in [1.807, 2.05) is 42.0 Å². The highest BCUT2D eigenvalue weighted by Gasteiger charge is 2.20. The third kappa shape index (κ3) is 5.54. The van der Waals surface area contributed by atoms with Gasteiger partial charge in [0, 0.05) is 47.7 Å². The number of fused-ring (bicyclic) bond motifs is 1. The number of nitrogens with one attached hydrogen (secondary N) is 2. The monoisotopic (exact) mass is 469 g/mol. The Hall–Kier alpha value is -3.32. The summed E-state index contributed by atoms with van der Waals surface area (Å²) in [5, 5.41) is 15.5. The molecule has 1 atom stereocenters. The van der Waals surface area contributed by atoms with Crippen LogP contribution in [0, 0.1) is 6.92 Å². The molecule has 2 aromatic carbocycles. The van der Waals surface area contributed by atoms with Crippen LogP contribution in [0.25, 0.3) is 10.9 Å². The van der Waals surface area contributed by atoms with Gasteiger partial charge in [-0.25, -0.2) is 0 Å². The van der Waals surface area contributed by atoms with Crippen molar-refractivity contribution in [2.75, 3.05) is 12.4 Å². The van der Waals surface area contributed by atoms with Crippen LogP contribution in [0.4, 0.5) is 5.69 Å². The summed E-state index contributed by atoms with van der Waals surface area (Å²) in [6.45, 7) is 3.77. The van der Waals surface area contributed by atoms with E-state index in [1.165, 1.54) is 0 Å². The number of carboxylic acid groups (broad SMARTS) is 1. The van der Waals surface area contributed by atoms with Crippen molar-refractivity contribution in [2.45, 2.75) is 45.0 Å². The summed E-state index contributed by atoms with van der Waals surface area (Å²) in [4.78, 5) is 36.2. The summed E-state index contributed by atoms with van der Waals surface area (Å²) < 4.78 is 1.86. The highest BCUT2D eigenvalue weighted by atomic mass is 35.5. The SMILES string of the molecule is CNC(=O)c1ccc2c(C)cn(C(C)C(=O)Nc3cc(CCl)ccc3CCCC(=O)O)c2c1. The largest absolute Gasteiger partial charge is 0.481 e. The third-order valence-electron chi connectivity index (χ3n) is 5.74. The first-order chi connectivity index (χ1) is 15.7. The molecule has 0 aliphatic rings. The van der Waals surface area contributed by atoms with E-state index in [4.69, 9.17) is 16.7 Å². The van der Waals surface area contributed by atoms with E-state index in [-0.39, 0.29) is 18.2 Å². The van der Waals surface area contributed by atoms with Crippen LogP contribution in [-0.4, -0.2) is 34.5 Å². The van der Waals surface area contributed by atoms with Gasteiger partial charge in [0.2, 0.25) is 5.91 Å². The van der Waals surface area contributed by atoms with Crippen LogP contribution in [0.15, 0.2) is 42.6 Å². The number of benzene rings is 2. The highest BCUT2D eigenvalue weighted by molar-refractivity contribution is 6.17. The number of carboxylic acids is 1. The molecule has 0 aliphatic carbocycles. The number of nitrogens with zero attached hydrogens (tertiary/aromatic N) is 1. The van der Waals surface area contributed by atoms with Gasteiger partial charge in [-0.05, 0) is 61.6 Å². The molecule has 1 unspecified atom stereocenters. The van der Waals surface area contributed by atoms with Gasteiger partial charge in [-0.3, -0.25) is 14.4 Å². The minimum atomic E-state index is -0.849. The van der Waals surface area contributed by atoms with Crippen LogP contribution in [0.2, 0.25) is 0 Å². The lowest BCUT2D eigenvalue weighted by Gasteiger charge is -2.18. The number of aliphatic carboxylic acids is 1. The number of hydrogen-bond acceptors (Lipinski definition) is 3. The molecule has 0 radical (unpaired) electrons. The maximum absolute atomic E-state index is 13.2. The molecule has 0 saturated carbocycles. The van der Waals surface area contributed by atoms with Gasteiger partial charge < -0.3 is 20.3 Å². The van der Waals surface area contributed by atoms with Crippen molar-refractivity contribution in [1.82, 2.24) is 9.88 Å². The van der Waals surface area contributed by atoms with Gasteiger partial charge in [-0.15, -0.1) is 11.6 Å². The number of rotatable bonds is 9. The quantitative estimate of drug-likeness (QED) is 0.397. The number of hydrogen-bond donors (Lipinski definition) is 3. The number of carbonyl (C=O) groups is 3. The predicted octanol–water partition coefficient (Wildman–Crippen LogP) is 4.66. The predicted molar refractivity (Wildman–Crippen MR) is 130 cm³/mol. The molecule has 2 amide bonds. The van der Waals surface area contributed by atoms with Gasteiger partial charge in [0.1, 0.15) is 6.04 Å². The first-order valence-electron chi connectivity index (χ1n) is 10.8. The van der Waals surface area contributed by atoms with E-state index in [0.29, 0.717) is 30.0 Å². The molecule has 1 heterocycles. The fourth-order valence-electron chi connectivity index (χ4n) is 3.87. The Morgan fingerprint density at radius 2 is 1.91 bits per heavy atom. The molecular formula is C25H28ClN3O4. The maximum Gasteiger partial charge on any atom is 0.303 e. The van der Waals surface area contributed by atoms with E-state index in [1.54, 1.807) is 26.1 Å². The van der Waals surface area contributed by atoms with Gasteiger partial charge in [-0.1, -0.05) is 18.2 Å². The molecule has 0 spiro atoms. The van der Waals surface area contributed by atoms with E-state index in [2.05, 4.69) is 10.6 Å². The minimum Gasteiger partial charge on any atom is -0.481 e. The summed E-state index contributed by atoms with van der Waals surface area (Å²) in [5.41, 5.74) is 4.68. The summed E-state index contributed by atoms with van der Waals surface area (Å²) >= 11 is 5.99. The third-order valence-corrected chi connectivity index (χ3v) is 6.05. The molecule has 7 nitrogen and oxygen atoms in total. The number of aromatic nitrogens is 1. The molecule has 0 fully saturated rings. The Labute approximate surface area is 197 Å². The van der Waals surface area contributed by atoms with E-state index < -0.39 is 12.0 Å². The van der Waals surface area contributed by atoms with Gasteiger partial charge in [0.15, 0.2) is 0 Å². The first-order valence-corrected chi connectivity index (χ1v) is 11.3. The smallest absolute Gasteiger partial charge is 0.303 e. The number of amides is 2. The Kier molecular flexibility index (Phi) is 7.76. The van der Waals surface area contributed by atoms with Gasteiger partial charge in [0.05, 0.1) is 0 Å². The molecule has 0 bridgehead atoms. The molecule has 3 rings (SSSR count). The topological polar surface area (TPSA) is 100 Å². The summed E-state index contributed by atoms with van der Waals surface area (Å²) in [5.74, 6) is -0.957. The highest BCUT2D eigenvalue weighted by Crippen LogP contribution is 2.27. The second-order valence-corrected chi connectivity index (χ2v) is 8.34. The molecule has 0 saturated heterocycles. The minimum absolute atomic E-state index is 0.0589. The molecule has 3 aromatic rings. The van der Waals surface area contributed by atoms with Gasteiger partial charge in [-0.2, -0.15) is 0 Å². The first kappa shape index (κ1) is 24.3. The van der Waals surface area contributed by atoms with Gasteiger partial charge >= 0.3 is 5.97 Å². The van der Waals surface area contributed by atoms with E-state index in [9.17, 15) is 14.4 Å². The summed E-state index contributed by atoms with van der Waals surface area (Å²) in [6.07, 6.45) is 2.96. The number of halogens is 1. The second-order valence-electron chi connectivity index (χ2n) is 8.07. The van der Waals surface area contributed by atoms with Crippen LogP contribution in [0.5, 0.6) is 0 Å². The molecule has 174 valence electrons. The lowest BCUT2D eigenvalue weighted by atomic mass is 10.0. The maximum atomic E-state index is 13.2. The molecule has 3 N–H and O–H groups in total. The Morgan fingerprint density at radius 1 is 1.15 bits per heavy atom. The Bertz CT molecular complexity index is 1200. The van der Waals surface area contributed by atoms with Crippen LogP contribution in [0.3, 0.4) is 0 Å². The van der Waals surface area contributed by atoms with Crippen molar-refractivity contribution >= 4 is 46.0 Å². The standard InChI is InChI=1S/C25H28ClN3O4/c1-15-14-29(22-12-19(25(33)27-3)9-10-20(15)22)16(2)24(32)28-21-11-17(13-26)7-8-18(21)5-4-6-23(30)31/h7-12,14,16H,4-6,13H2,1-3H3,(H,27,33)(H,28,32)(H,30,31). The van der Waals surface area contributed by atoms with Crippen molar-refractivity contribution in [1.29, 1.82) is 0 Å². The normalized spacial score (nSPS) is 11.9. The molecule has 8 heteroatoms. The Balaban J connectivity index is 1.89. The number of alkyl halides is 1. The lowest BCUT2D eigenvalue weighted by molar-refractivity contribution is -0.137. The number of anilines is 1. The molecule has 33 heavy (non-hydrogen) atoms. The van der Waals surface area contributed by atoms with Crippen molar-refractivity contribution in [3.05, 3.63) is 64.8 Å². The van der Waals surface area contributed by atoms with Crippen LogP contribution in [-0.2, 0) is 21.9 Å². The average molecular weight is 470 g/mol. The second kappa shape index (κ2) is 10.5. The lowest BCUT2D eigenvalue weighted by Crippen LogP contribution is -2.24. The van der Waals surface area contributed by atoms with Crippen molar-refractivity contribution in [3.8, 4) is 0 Å². The molecule has 1 aromatic heterocycles. The van der Waals surface area contributed by atoms with Gasteiger partial charge in [0.25, 0.3) is 5.91 Å². The van der Waals surface area contributed by atoms with Crippen LogP contribution in [0.1, 0.15) is 52.9 Å². The molecular weight excluding hydrogens is 442 g/mol. The van der Waals surface area contributed by atoms with Crippen molar-refractivity contribution in [2.24, 2.45) is 0 Å². The zero-order chi connectivity index (χ0) is 24.1. The average Bonchev–Trinajstić information content (AvgIpc) is 3.14. The zero-order valence-corrected chi connectivity index (χ0v) is 19.7.